The van der Waals surface area contributed by atoms with Crippen molar-refractivity contribution in [2.45, 2.75) is 19.5 Å². The number of benzene rings is 3. The summed E-state index contributed by atoms with van der Waals surface area (Å²) in [5.74, 6) is 0.260. The molecule has 1 saturated heterocycles. The Bertz CT molecular complexity index is 1120. The monoisotopic (exact) mass is 447 g/mol. The summed E-state index contributed by atoms with van der Waals surface area (Å²) in [7, 11) is 1.61. The molecule has 3 amide bonds. The normalized spacial score (nSPS) is 13.7. The van der Waals surface area contributed by atoms with Gasteiger partial charge in [-0.05, 0) is 66.1 Å². The number of nitrogens with one attached hydrogen (secondary N) is 1. The maximum atomic E-state index is 13.2. The quantitative estimate of drug-likeness (QED) is 0.576. The number of halogens is 1. The molecule has 1 heterocycles. The molecule has 7 heteroatoms. The molecule has 170 valence electrons. The summed E-state index contributed by atoms with van der Waals surface area (Å²) in [6.45, 7) is 2.08. The molecule has 0 aromatic heterocycles. The Kier molecular flexibility index (Phi) is 6.88. The summed E-state index contributed by atoms with van der Waals surface area (Å²) in [6.07, 6.45) is 0.829. The van der Waals surface area contributed by atoms with Crippen LogP contribution in [0.2, 0.25) is 0 Å². The third kappa shape index (κ3) is 5.49. The fraction of sp³-hybridized carbons (Fsp3) is 0.231. The minimum absolute atomic E-state index is 0.0965. The van der Waals surface area contributed by atoms with Gasteiger partial charge in [0.1, 0.15) is 11.6 Å². The summed E-state index contributed by atoms with van der Waals surface area (Å²) >= 11 is 0. The van der Waals surface area contributed by atoms with Gasteiger partial charge in [-0.1, -0.05) is 24.3 Å². The zero-order chi connectivity index (χ0) is 23.2. The molecule has 1 fully saturated rings. The highest BCUT2D eigenvalue weighted by Gasteiger charge is 2.27. The Balaban J connectivity index is 1.37. The molecule has 0 bridgehead atoms. The first-order valence-corrected chi connectivity index (χ1v) is 10.9. The molecule has 6 nitrogen and oxygen atoms in total. The van der Waals surface area contributed by atoms with Crippen molar-refractivity contribution in [1.82, 2.24) is 10.2 Å². The van der Waals surface area contributed by atoms with E-state index >= 15 is 0 Å². The summed E-state index contributed by atoms with van der Waals surface area (Å²) in [5, 5.41) is 2.90. The van der Waals surface area contributed by atoms with E-state index in [9.17, 15) is 14.0 Å². The van der Waals surface area contributed by atoms with Crippen molar-refractivity contribution in [3.8, 4) is 5.75 Å². The van der Waals surface area contributed by atoms with Crippen LogP contribution in [0.3, 0.4) is 0 Å². The topological polar surface area (TPSA) is 61.9 Å². The zero-order valence-electron chi connectivity index (χ0n) is 18.5. The molecule has 3 aromatic carbocycles. The first-order valence-electron chi connectivity index (χ1n) is 10.9. The molecular weight excluding hydrogens is 421 g/mol. The minimum Gasteiger partial charge on any atom is -0.497 e. The molecule has 3 aromatic rings. The number of amides is 3. The van der Waals surface area contributed by atoms with Gasteiger partial charge in [0.15, 0.2) is 0 Å². The Labute approximate surface area is 192 Å². The number of carbonyl (C=O) groups excluding carboxylic acids is 2. The highest BCUT2D eigenvalue weighted by molar-refractivity contribution is 5.96. The highest BCUT2D eigenvalue weighted by Crippen LogP contribution is 2.22. The number of rotatable bonds is 7. The highest BCUT2D eigenvalue weighted by atomic mass is 19.1. The van der Waals surface area contributed by atoms with Crippen molar-refractivity contribution in [2.24, 2.45) is 0 Å². The SMILES string of the molecule is COc1cccc(CNC(=O)c2ccc(N3CCCN(Cc4ccc(F)cc4)C3=O)cc2)c1. The molecule has 1 aliphatic heterocycles. The lowest BCUT2D eigenvalue weighted by atomic mass is 10.1. The van der Waals surface area contributed by atoms with E-state index < -0.39 is 0 Å². The van der Waals surface area contributed by atoms with E-state index in [1.807, 2.05) is 24.3 Å². The maximum absolute atomic E-state index is 13.2. The van der Waals surface area contributed by atoms with Gasteiger partial charge in [0.05, 0.1) is 7.11 Å². The van der Waals surface area contributed by atoms with Crippen LogP contribution in [0.1, 0.15) is 27.9 Å². The molecule has 0 radical (unpaired) electrons. The van der Waals surface area contributed by atoms with Crippen LogP contribution in [0, 0.1) is 5.82 Å². The van der Waals surface area contributed by atoms with Crippen LogP contribution in [0.15, 0.2) is 72.8 Å². The molecular formula is C26H26FN3O3. The second-order valence-electron chi connectivity index (χ2n) is 7.92. The standard InChI is InChI=1S/C26H26FN3O3/c1-33-24-5-2-4-20(16-24)17-28-25(31)21-8-12-23(13-9-21)30-15-3-14-29(26(30)32)18-19-6-10-22(27)11-7-19/h2,4-13,16H,3,14-15,17-18H2,1H3,(H,28,31). The fourth-order valence-electron chi connectivity index (χ4n) is 3.84. The summed E-state index contributed by atoms with van der Waals surface area (Å²) < 4.78 is 18.4. The smallest absolute Gasteiger partial charge is 0.324 e. The van der Waals surface area contributed by atoms with Gasteiger partial charge in [0.25, 0.3) is 5.91 Å². The van der Waals surface area contributed by atoms with Crippen LogP contribution in [-0.2, 0) is 13.1 Å². The van der Waals surface area contributed by atoms with Gasteiger partial charge in [0.2, 0.25) is 0 Å². The van der Waals surface area contributed by atoms with Gasteiger partial charge < -0.3 is 15.0 Å². The van der Waals surface area contributed by atoms with Crippen LogP contribution < -0.4 is 15.0 Å². The van der Waals surface area contributed by atoms with Gasteiger partial charge in [-0.25, -0.2) is 9.18 Å². The largest absolute Gasteiger partial charge is 0.497 e. The molecule has 0 aliphatic carbocycles. The van der Waals surface area contributed by atoms with Crippen LogP contribution in [0.5, 0.6) is 5.75 Å². The predicted molar refractivity (Wildman–Crippen MR) is 125 cm³/mol. The van der Waals surface area contributed by atoms with Crippen molar-refractivity contribution < 1.29 is 18.7 Å². The van der Waals surface area contributed by atoms with Crippen LogP contribution in [0.25, 0.3) is 0 Å². The predicted octanol–water partition coefficient (Wildman–Crippen LogP) is 4.60. The zero-order valence-corrected chi connectivity index (χ0v) is 18.5. The molecule has 0 unspecified atom stereocenters. The lowest BCUT2D eigenvalue weighted by molar-refractivity contribution is 0.0951. The first-order chi connectivity index (χ1) is 16.0. The molecule has 0 spiro atoms. The molecule has 0 atom stereocenters. The number of anilines is 1. The number of urea groups is 1. The van der Waals surface area contributed by atoms with Gasteiger partial charge >= 0.3 is 6.03 Å². The van der Waals surface area contributed by atoms with E-state index in [1.54, 1.807) is 53.3 Å². The number of ether oxygens (including phenoxy) is 1. The van der Waals surface area contributed by atoms with E-state index in [0.29, 0.717) is 31.7 Å². The molecule has 1 N–H and O–H groups in total. The molecule has 1 aliphatic rings. The van der Waals surface area contributed by atoms with Gasteiger partial charge in [-0.2, -0.15) is 0 Å². The Hall–Kier alpha value is -3.87. The van der Waals surface area contributed by atoms with Gasteiger partial charge in [-0.15, -0.1) is 0 Å². The number of hydrogen-bond acceptors (Lipinski definition) is 3. The third-order valence-corrected chi connectivity index (χ3v) is 5.63. The third-order valence-electron chi connectivity index (χ3n) is 5.63. The van der Waals surface area contributed by atoms with E-state index in [0.717, 1.165) is 29.0 Å². The fourth-order valence-corrected chi connectivity index (χ4v) is 3.84. The van der Waals surface area contributed by atoms with E-state index in [1.165, 1.54) is 12.1 Å². The van der Waals surface area contributed by atoms with E-state index in [-0.39, 0.29) is 17.8 Å². The van der Waals surface area contributed by atoms with Gasteiger partial charge in [0, 0.05) is 37.4 Å². The van der Waals surface area contributed by atoms with Gasteiger partial charge in [-0.3, -0.25) is 9.69 Å². The minimum atomic E-state index is -0.294. The van der Waals surface area contributed by atoms with E-state index in [2.05, 4.69) is 5.32 Å². The number of carbonyl (C=O) groups is 2. The number of hydrogen-bond donors (Lipinski definition) is 1. The number of nitrogens with zero attached hydrogens (tertiary/aromatic N) is 2. The maximum Gasteiger partial charge on any atom is 0.324 e. The molecule has 4 rings (SSSR count). The average molecular weight is 448 g/mol. The van der Waals surface area contributed by atoms with Crippen molar-refractivity contribution >= 4 is 17.6 Å². The summed E-state index contributed by atoms with van der Waals surface area (Å²) in [4.78, 5) is 29.0. The Morgan fingerprint density at radius 3 is 2.48 bits per heavy atom. The first kappa shape index (κ1) is 22.3. The summed E-state index contributed by atoms with van der Waals surface area (Å²) in [6, 6.07) is 20.7. The second-order valence-corrected chi connectivity index (χ2v) is 7.92. The Morgan fingerprint density at radius 2 is 1.76 bits per heavy atom. The molecule has 0 saturated carbocycles. The lowest BCUT2D eigenvalue weighted by Gasteiger charge is -2.35. The summed E-state index contributed by atoms with van der Waals surface area (Å²) in [5.41, 5.74) is 3.09. The van der Waals surface area contributed by atoms with Crippen LogP contribution in [-0.4, -0.2) is 37.0 Å². The number of methoxy groups -OCH3 is 1. The van der Waals surface area contributed by atoms with Crippen molar-refractivity contribution in [2.75, 3.05) is 25.1 Å². The average Bonchev–Trinajstić information content (AvgIpc) is 2.85. The van der Waals surface area contributed by atoms with E-state index in [4.69, 9.17) is 4.74 Å². The Morgan fingerprint density at radius 1 is 1.00 bits per heavy atom. The van der Waals surface area contributed by atoms with Crippen molar-refractivity contribution in [3.63, 3.8) is 0 Å². The second kappa shape index (κ2) is 10.2. The van der Waals surface area contributed by atoms with Crippen molar-refractivity contribution in [1.29, 1.82) is 0 Å². The van der Waals surface area contributed by atoms with Crippen molar-refractivity contribution in [3.05, 3.63) is 95.3 Å². The lowest BCUT2D eigenvalue weighted by Crippen LogP contribution is -2.49. The van der Waals surface area contributed by atoms with Crippen LogP contribution in [0.4, 0.5) is 14.9 Å². The molecule has 33 heavy (non-hydrogen) atoms. The van der Waals surface area contributed by atoms with Crippen LogP contribution >= 0.6 is 0 Å².